The lowest BCUT2D eigenvalue weighted by Gasteiger charge is -2.44. The third-order valence-corrected chi connectivity index (χ3v) is 6.22. The first-order valence-electron chi connectivity index (χ1n) is 9.99. The van der Waals surface area contributed by atoms with E-state index >= 15 is 0 Å². The summed E-state index contributed by atoms with van der Waals surface area (Å²) >= 11 is 0. The molecule has 5 nitrogen and oxygen atoms in total. The molecule has 0 unspecified atom stereocenters. The van der Waals surface area contributed by atoms with Crippen LogP contribution in [0.5, 0.6) is 0 Å². The minimum Gasteiger partial charge on any atom is -0.464 e. The third-order valence-electron chi connectivity index (χ3n) is 6.22. The van der Waals surface area contributed by atoms with Gasteiger partial charge in [0.05, 0.1) is 12.2 Å². The fourth-order valence-electron chi connectivity index (χ4n) is 4.60. The molecule has 0 aromatic heterocycles. The van der Waals surface area contributed by atoms with Crippen LogP contribution in [0.1, 0.15) is 24.8 Å². The molecule has 1 aromatic carbocycles. The predicted octanol–water partition coefficient (Wildman–Crippen LogP) is 2.61. The molecule has 3 fully saturated rings. The Hall–Kier alpha value is -1.80. The summed E-state index contributed by atoms with van der Waals surface area (Å²) in [5.41, 5.74) is 0.0503. The number of hydrogen-bond donors (Lipinski definition) is 0. The van der Waals surface area contributed by atoms with Gasteiger partial charge in [-0.25, -0.2) is 0 Å². The molecular weight excluding hydrogens is 371 g/mol. The van der Waals surface area contributed by atoms with E-state index in [9.17, 15) is 18.0 Å². The van der Waals surface area contributed by atoms with Crippen LogP contribution in [0.25, 0.3) is 0 Å². The highest BCUT2D eigenvalue weighted by Gasteiger charge is 2.36. The quantitative estimate of drug-likeness (QED) is 0.733. The maximum atomic E-state index is 12.9. The lowest BCUT2D eigenvalue weighted by Crippen LogP contribution is -2.54. The number of anilines is 1. The van der Waals surface area contributed by atoms with Crippen molar-refractivity contribution in [2.45, 2.75) is 37.5 Å². The van der Waals surface area contributed by atoms with E-state index in [2.05, 4.69) is 9.80 Å². The number of hydrogen-bond acceptors (Lipinski definition) is 5. The Morgan fingerprint density at radius 2 is 1.64 bits per heavy atom. The fraction of sp³-hybridized carbons (Fsp3) is 0.650. The standard InChI is InChI=1S/C20H26F3N3O2/c21-20(22,23)15-2-1-3-17(14-15)25-11-9-24(10-12-25)16-4-7-26(8-5-16)18-6-13-28-19(18)27/h1-3,14,16,18H,4-13H2/t18-/m0/s1. The summed E-state index contributed by atoms with van der Waals surface area (Å²) < 4.78 is 43.9. The van der Waals surface area contributed by atoms with Crippen LogP contribution >= 0.6 is 0 Å². The molecule has 3 aliphatic rings. The molecule has 0 amide bonds. The number of piperidine rings is 1. The van der Waals surface area contributed by atoms with Gasteiger partial charge in [-0.05, 0) is 31.0 Å². The second-order valence-electron chi connectivity index (χ2n) is 7.81. The first kappa shape index (κ1) is 19.5. The van der Waals surface area contributed by atoms with Crippen molar-refractivity contribution >= 4 is 11.7 Å². The number of cyclic esters (lactones) is 1. The molecule has 0 saturated carbocycles. The number of alkyl halides is 3. The molecule has 0 radical (unpaired) electrons. The molecule has 1 atom stereocenters. The van der Waals surface area contributed by atoms with Gasteiger partial charge >= 0.3 is 12.1 Å². The van der Waals surface area contributed by atoms with Crippen molar-refractivity contribution in [3.8, 4) is 0 Å². The van der Waals surface area contributed by atoms with E-state index in [4.69, 9.17) is 4.74 Å². The van der Waals surface area contributed by atoms with Crippen molar-refractivity contribution in [2.75, 3.05) is 50.8 Å². The van der Waals surface area contributed by atoms with Crippen LogP contribution in [0, 0.1) is 0 Å². The van der Waals surface area contributed by atoms with Gasteiger partial charge in [0.1, 0.15) is 6.04 Å². The predicted molar refractivity (Wildman–Crippen MR) is 99.2 cm³/mol. The fourth-order valence-corrected chi connectivity index (χ4v) is 4.60. The van der Waals surface area contributed by atoms with Crippen molar-refractivity contribution in [2.24, 2.45) is 0 Å². The number of esters is 1. The normalized spacial score (nSPS) is 25.9. The molecule has 28 heavy (non-hydrogen) atoms. The molecule has 3 heterocycles. The Labute approximate surface area is 163 Å². The average molecular weight is 397 g/mol. The monoisotopic (exact) mass is 397 g/mol. The van der Waals surface area contributed by atoms with Gasteiger partial charge in [0, 0.05) is 57.4 Å². The number of likely N-dealkylation sites (tertiary alicyclic amines) is 1. The number of rotatable bonds is 3. The Bertz CT molecular complexity index is 696. The SMILES string of the molecule is O=C1OCC[C@@H]1N1CCC(N2CCN(c3cccc(C(F)(F)F)c3)CC2)CC1. The topological polar surface area (TPSA) is 36.0 Å². The molecule has 3 aliphatic heterocycles. The number of nitrogens with zero attached hydrogens (tertiary/aromatic N) is 3. The molecule has 8 heteroatoms. The van der Waals surface area contributed by atoms with E-state index in [1.165, 1.54) is 12.1 Å². The minimum atomic E-state index is -4.31. The third kappa shape index (κ3) is 4.12. The van der Waals surface area contributed by atoms with Gasteiger partial charge < -0.3 is 9.64 Å². The molecule has 0 N–H and O–H groups in total. The number of benzene rings is 1. The van der Waals surface area contributed by atoms with Gasteiger partial charge in [-0.2, -0.15) is 13.2 Å². The summed E-state index contributed by atoms with van der Waals surface area (Å²) in [6.45, 7) is 5.50. The number of piperazine rings is 1. The molecule has 0 bridgehead atoms. The Kier molecular flexibility index (Phi) is 5.51. The highest BCUT2D eigenvalue weighted by Crippen LogP contribution is 2.32. The van der Waals surface area contributed by atoms with Gasteiger partial charge in [-0.1, -0.05) is 6.07 Å². The molecule has 4 rings (SSSR count). The zero-order chi connectivity index (χ0) is 19.7. The maximum Gasteiger partial charge on any atom is 0.416 e. The zero-order valence-electron chi connectivity index (χ0n) is 15.8. The van der Waals surface area contributed by atoms with Crippen LogP contribution in [0.2, 0.25) is 0 Å². The van der Waals surface area contributed by atoms with Crippen LogP contribution in [0.3, 0.4) is 0 Å². The molecule has 1 aromatic rings. The van der Waals surface area contributed by atoms with E-state index in [-0.39, 0.29) is 12.0 Å². The summed E-state index contributed by atoms with van der Waals surface area (Å²) in [6.07, 6.45) is -1.47. The first-order valence-corrected chi connectivity index (χ1v) is 9.99. The highest BCUT2D eigenvalue weighted by molar-refractivity contribution is 5.77. The van der Waals surface area contributed by atoms with Crippen LogP contribution in [-0.4, -0.2) is 73.7 Å². The van der Waals surface area contributed by atoms with E-state index in [0.717, 1.165) is 64.6 Å². The molecule has 0 spiro atoms. The van der Waals surface area contributed by atoms with E-state index in [1.807, 2.05) is 4.90 Å². The highest BCUT2D eigenvalue weighted by atomic mass is 19.4. The Morgan fingerprint density at radius 3 is 2.25 bits per heavy atom. The van der Waals surface area contributed by atoms with E-state index < -0.39 is 11.7 Å². The summed E-state index contributed by atoms with van der Waals surface area (Å²) in [5.74, 6) is -0.0897. The summed E-state index contributed by atoms with van der Waals surface area (Å²) in [4.78, 5) is 18.5. The van der Waals surface area contributed by atoms with Crippen molar-refractivity contribution < 1.29 is 22.7 Å². The van der Waals surface area contributed by atoms with Gasteiger partial charge in [0.2, 0.25) is 0 Å². The Balaban J connectivity index is 1.29. The van der Waals surface area contributed by atoms with Crippen molar-refractivity contribution in [3.05, 3.63) is 29.8 Å². The maximum absolute atomic E-state index is 12.9. The smallest absolute Gasteiger partial charge is 0.416 e. The number of carbonyl (C=O) groups is 1. The van der Waals surface area contributed by atoms with E-state index in [1.54, 1.807) is 6.07 Å². The van der Waals surface area contributed by atoms with Crippen LogP contribution in [0.4, 0.5) is 18.9 Å². The number of carbonyl (C=O) groups excluding carboxylic acids is 1. The summed E-state index contributed by atoms with van der Waals surface area (Å²) in [5, 5.41) is 0. The first-order chi connectivity index (χ1) is 13.4. The van der Waals surface area contributed by atoms with Gasteiger partial charge in [0.25, 0.3) is 0 Å². The molecule has 154 valence electrons. The second-order valence-corrected chi connectivity index (χ2v) is 7.81. The number of ether oxygens (including phenoxy) is 1. The van der Waals surface area contributed by atoms with Crippen molar-refractivity contribution in [1.29, 1.82) is 0 Å². The van der Waals surface area contributed by atoms with Crippen molar-refractivity contribution in [1.82, 2.24) is 9.80 Å². The van der Waals surface area contributed by atoms with Crippen LogP contribution in [-0.2, 0) is 15.7 Å². The summed E-state index contributed by atoms with van der Waals surface area (Å²) in [7, 11) is 0. The molecular formula is C20H26F3N3O2. The lowest BCUT2D eigenvalue weighted by molar-refractivity contribution is -0.143. The lowest BCUT2D eigenvalue weighted by atomic mass is 10.00. The zero-order valence-corrected chi connectivity index (χ0v) is 15.8. The van der Waals surface area contributed by atoms with Gasteiger partial charge in [-0.3, -0.25) is 14.6 Å². The summed E-state index contributed by atoms with van der Waals surface area (Å²) in [6, 6.07) is 6.01. The molecule has 3 saturated heterocycles. The number of halogens is 3. The average Bonchev–Trinajstić information content (AvgIpc) is 3.14. The van der Waals surface area contributed by atoms with Crippen LogP contribution in [0.15, 0.2) is 24.3 Å². The largest absolute Gasteiger partial charge is 0.464 e. The van der Waals surface area contributed by atoms with Crippen molar-refractivity contribution in [3.63, 3.8) is 0 Å². The molecule has 0 aliphatic carbocycles. The van der Waals surface area contributed by atoms with E-state index in [0.29, 0.717) is 18.3 Å². The van der Waals surface area contributed by atoms with Crippen LogP contribution < -0.4 is 4.90 Å². The second kappa shape index (κ2) is 7.91. The Morgan fingerprint density at radius 1 is 0.929 bits per heavy atom. The van der Waals surface area contributed by atoms with Gasteiger partial charge in [0.15, 0.2) is 0 Å². The van der Waals surface area contributed by atoms with Gasteiger partial charge in [-0.15, -0.1) is 0 Å². The minimum absolute atomic E-state index is 0.0706.